The van der Waals surface area contributed by atoms with Crippen molar-refractivity contribution < 1.29 is 4.42 Å². The number of rotatable bonds is 1. The summed E-state index contributed by atoms with van der Waals surface area (Å²) in [5, 5.41) is 1.04. The molecule has 66 valence electrons. The van der Waals surface area contributed by atoms with Crippen molar-refractivity contribution in [2.24, 2.45) is 10.7 Å². The maximum absolute atomic E-state index is 5.49. The van der Waals surface area contributed by atoms with Gasteiger partial charge in [-0.15, -0.1) is 0 Å². The molecule has 3 nitrogen and oxygen atoms in total. The van der Waals surface area contributed by atoms with Gasteiger partial charge in [0, 0.05) is 5.39 Å². The summed E-state index contributed by atoms with van der Waals surface area (Å²) >= 11 is 0. The van der Waals surface area contributed by atoms with Crippen molar-refractivity contribution in [3.8, 4) is 0 Å². The molecule has 0 saturated carbocycles. The van der Waals surface area contributed by atoms with Crippen molar-refractivity contribution in [3.63, 3.8) is 0 Å². The first-order chi connectivity index (χ1) is 6.27. The van der Waals surface area contributed by atoms with Crippen LogP contribution in [0, 0.1) is 0 Å². The van der Waals surface area contributed by atoms with E-state index in [9.17, 15) is 0 Å². The van der Waals surface area contributed by atoms with Crippen molar-refractivity contribution >= 4 is 22.5 Å². The monoisotopic (exact) mass is 174 g/mol. The smallest absolute Gasteiger partial charge is 0.159 e. The second-order valence-electron chi connectivity index (χ2n) is 2.87. The zero-order valence-electron chi connectivity index (χ0n) is 7.32. The maximum Gasteiger partial charge on any atom is 0.159 e. The average Bonchev–Trinajstić information content (AvgIpc) is 2.51. The summed E-state index contributed by atoms with van der Waals surface area (Å²) in [5.41, 5.74) is 7.06. The minimum atomic E-state index is 0.531. The number of amidine groups is 1. The lowest BCUT2D eigenvalue weighted by atomic mass is 10.2. The highest BCUT2D eigenvalue weighted by Gasteiger charge is 2.01. The van der Waals surface area contributed by atoms with Gasteiger partial charge in [-0.25, -0.2) is 4.99 Å². The van der Waals surface area contributed by atoms with Gasteiger partial charge in [0.15, 0.2) is 5.58 Å². The Hall–Kier alpha value is -1.77. The first-order valence-corrected chi connectivity index (χ1v) is 4.04. The van der Waals surface area contributed by atoms with E-state index in [1.165, 1.54) is 0 Å². The van der Waals surface area contributed by atoms with E-state index in [2.05, 4.69) is 4.99 Å². The van der Waals surface area contributed by atoms with Crippen molar-refractivity contribution in [3.05, 3.63) is 30.5 Å². The molecule has 1 heterocycles. The number of benzene rings is 1. The predicted octanol–water partition coefficient (Wildman–Crippen LogP) is 2.44. The largest absolute Gasteiger partial charge is 0.462 e. The van der Waals surface area contributed by atoms with E-state index < -0.39 is 0 Å². The van der Waals surface area contributed by atoms with Gasteiger partial charge in [0.2, 0.25) is 0 Å². The van der Waals surface area contributed by atoms with Gasteiger partial charge in [0.05, 0.1) is 12.1 Å². The molecule has 2 aromatic rings. The number of aliphatic imine (C=N–C) groups is 1. The number of furan rings is 1. The highest BCUT2D eigenvalue weighted by Crippen LogP contribution is 2.26. The maximum atomic E-state index is 5.49. The molecular weight excluding hydrogens is 164 g/mol. The Kier molecular flexibility index (Phi) is 1.77. The Morgan fingerprint density at radius 1 is 1.38 bits per heavy atom. The lowest BCUT2D eigenvalue weighted by Crippen LogP contribution is -2.03. The second kappa shape index (κ2) is 2.94. The minimum Gasteiger partial charge on any atom is -0.462 e. The van der Waals surface area contributed by atoms with E-state index >= 15 is 0 Å². The van der Waals surface area contributed by atoms with Gasteiger partial charge in [-0.05, 0) is 19.1 Å². The third-order valence-corrected chi connectivity index (χ3v) is 1.76. The second-order valence-corrected chi connectivity index (χ2v) is 2.87. The number of nitrogens with zero attached hydrogens (tertiary/aromatic N) is 1. The van der Waals surface area contributed by atoms with Crippen LogP contribution in [0.5, 0.6) is 0 Å². The third kappa shape index (κ3) is 1.40. The molecule has 0 bridgehead atoms. The number of hydrogen-bond acceptors (Lipinski definition) is 2. The predicted molar refractivity (Wildman–Crippen MR) is 53.2 cm³/mol. The molecule has 1 aromatic heterocycles. The SMILES string of the molecule is CC(N)=Nc1cccc2ccoc12. The zero-order valence-corrected chi connectivity index (χ0v) is 7.32. The summed E-state index contributed by atoms with van der Waals surface area (Å²) in [6.07, 6.45) is 1.65. The quantitative estimate of drug-likeness (QED) is 0.533. The normalized spacial score (nSPS) is 12.2. The molecule has 2 N–H and O–H groups in total. The fourth-order valence-corrected chi connectivity index (χ4v) is 1.26. The first kappa shape index (κ1) is 7.86. The molecule has 0 unspecified atom stereocenters. The van der Waals surface area contributed by atoms with Gasteiger partial charge in [-0.1, -0.05) is 12.1 Å². The van der Waals surface area contributed by atoms with E-state index in [4.69, 9.17) is 10.2 Å². The summed E-state index contributed by atoms with van der Waals surface area (Å²) in [4.78, 5) is 4.16. The Morgan fingerprint density at radius 2 is 2.23 bits per heavy atom. The molecular formula is C10H10N2O. The summed E-state index contributed by atoms with van der Waals surface area (Å²) in [6.45, 7) is 1.75. The van der Waals surface area contributed by atoms with Crippen LogP contribution < -0.4 is 5.73 Å². The summed E-state index contributed by atoms with van der Waals surface area (Å²) in [7, 11) is 0. The number of fused-ring (bicyclic) bond motifs is 1. The fraction of sp³-hybridized carbons (Fsp3) is 0.100. The van der Waals surface area contributed by atoms with Gasteiger partial charge in [-0.2, -0.15) is 0 Å². The van der Waals surface area contributed by atoms with Crippen molar-refractivity contribution in [2.45, 2.75) is 6.92 Å². The van der Waals surface area contributed by atoms with Crippen LogP contribution in [-0.2, 0) is 0 Å². The molecule has 13 heavy (non-hydrogen) atoms. The van der Waals surface area contributed by atoms with Gasteiger partial charge in [0.1, 0.15) is 5.69 Å². The first-order valence-electron chi connectivity index (χ1n) is 4.04. The van der Waals surface area contributed by atoms with E-state index in [0.29, 0.717) is 5.84 Å². The lowest BCUT2D eigenvalue weighted by molar-refractivity contribution is 0.616. The molecule has 0 radical (unpaired) electrons. The van der Waals surface area contributed by atoms with Crippen LogP contribution in [-0.4, -0.2) is 5.84 Å². The molecule has 1 aromatic carbocycles. The van der Waals surface area contributed by atoms with Gasteiger partial charge in [0.25, 0.3) is 0 Å². The van der Waals surface area contributed by atoms with E-state index in [1.54, 1.807) is 13.2 Å². The number of hydrogen-bond donors (Lipinski definition) is 1. The highest BCUT2D eigenvalue weighted by molar-refractivity contribution is 5.91. The van der Waals surface area contributed by atoms with Crippen molar-refractivity contribution in [1.29, 1.82) is 0 Å². The van der Waals surface area contributed by atoms with Crippen molar-refractivity contribution in [2.75, 3.05) is 0 Å². The van der Waals surface area contributed by atoms with Crippen LogP contribution in [0.25, 0.3) is 11.0 Å². The fourth-order valence-electron chi connectivity index (χ4n) is 1.26. The molecule has 0 aliphatic carbocycles. The van der Waals surface area contributed by atoms with Crippen LogP contribution in [0.2, 0.25) is 0 Å². The average molecular weight is 174 g/mol. The number of para-hydroxylation sites is 1. The van der Waals surface area contributed by atoms with Crippen LogP contribution in [0.1, 0.15) is 6.92 Å². The van der Waals surface area contributed by atoms with E-state index in [-0.39, 0.29) is 0 Å². The van der Waals surface area contributed by atoms with Gasteiger partial charge in [-0.3, -0.25) is 0 Å². The molecule has 2 rings (SSSR count). The molecule has 0 aliphatic rings. The Balaban J connectivity index is 2.68. The minimum absolute atomic E-state index is 0.531. The van der Waals surface area contributed by atoms with Crippen LogP contribution in [0.15, 0.2) is 39.9 Å². The molecule has 0 aliphatic heterocycles. The highest BCUT2D eigenvalue weighted by atomic mass is 16.3. The molecule has 0 spiro atoms. The van der Waals surface area contributed by atoms with Crippen LogP contribution in [0.3, 0.4) is 0 Å². The Bertz CT molecular complexity index is 453. The molecule has 0 atom stereocenters. The number of nitrogens with two attached hydrogens (primary N) is 1. The van der Waals surface area contributed by atoms with E-state index in [1.807, 2.05) is 24.3 Å². The van der Waals surface area contributed by atoms with Crippen LogP contribution in [0.4, 0.5) is 5.69 Å². The van der Waals surface area contributed by atoms with Crippen LogP contribution >= 0.6 is 0 Å². The van der Waals surface area contributed by atoms with Crippen molar-refractivity contribution in [1.82, 2.24) is 0 Å². The molecule has 0 saturated heterocycles. The van der Waals surface area contributed by atoms with Gasteiger partial charge >= 0.3 is 0 Å². The van der Waals surface area contributed by atoms with E-state index in [0.717, 1.165) is 16.7 Å². The lowest BCUT2D eigenvalue weighted by Gasteiger charge is -1.95. The van der Waals surface area contributed by atoms with Gasteiger partial charge < -0.3 is 10.2 Å². The summed E-state index contributed by atoms with van der Waals surface area (Å²) < 4.78 is 5.29. The standard InChI is InChI=1S/C10H10N2O/c1-7(11)12-9-4-2-3-8-5-6-13-10(8)9/h2-6H,1H3,(H2,11,12). The molecule has 0 fully saturated rings. The molecule has 3 heteroatoms. The Morgan fingerprint density at radius 3 is 3.00 bits per heavy atom. The Labute approximate surface area is 75.9 Å². The summed E-state index contributed by atoms with van der Waals surface area (Å²) in [6, 6.07) is 7.69. The summed E-state index contributed by atoms with van der Waals surface area (Å²) in [5.74, 6) is 0.531. The topological polar surface area (TPSA) is 51.5 Å². The zero-order chi connectivity index (χ0) is 9.26. The third-order valence-electron chi connectivity index (χ3n) is 1.76. The molecule has 0 amide bonds.